The number of carbonyl (C=O) groups is 1. The molecule has 0 aliphatic carbocycles. The van der Waals surface area contributed by atoms with Crippen LogP contribution in [0.2, 0.25) is 0 Å². The van der Waals surface area contributed by atoms with E-state index >= 15 is 0 Å². The second kappa shape index (κ2) is 6.22. The molecule has 0 fully saturated rings. The van der Waals surface area contributed by atoms with Gasteiger partial charge in [-0.25, -0.2) is 0 Å². The lowest BCUT2D eigenvalue weighted by Gasteiger charge is -2.11. The molecule has 94 valence electrons. The van der Waals surface area contributed by atoms with Gasteiger partial charge in [0.2, 0.25) is 0 Å². The van der Waals surface area contributed by atoms with Crippen molar-refractivity contribution in [2.45, 2.75) is 25.4 Å². The summed E-state index contributed by atoms with van der Waals surface area (Å²) in [5.74, 6) is -1.41. The molecule has 0 radical (unpaired) electrons. The third-order valence-corrected chi connectivity index (χ3v) is 2.46. The zero-order valence-electron chi connectivity index (χ0n) is 9.33. The van der Waals surface area contributed by atoms with Gasteiger partial charge in [-0.1, -0.05) is 6.07 Å². The fourth-order valence-corrected chi connectivity index (χ4v) is 1.53. The molecule has 17 heavy (non-hydrogen) atoms. The van der Waals surface area contributed by atoms with Crippen molar-refractivity contribution < 1.29 is 25.2 Å². The van der Waals surface area contributed by atoms with E-state index < -0.39 is 11.9 Å². The fraction of sp³-hybridized carbons (Fsp3) is 0.417. The van der Waals surface area contributed by atoms with Gasteiger partial charge in [0.1, 0.15) is 23.2 Å². The average Bonchev–Trinajstić information content (AvgIpc) is 2.28. The van der Waals surface area contributed by atoms with Gasteiger partial charge in [0.25, 0.3) is 0 Å². The molecule has 1 aromatic rings. The van der Waals surface area contributed by atoms with E-state index in [9.17, 15) is 20.1 Å². The van der Waals surface area contributed by atoms with E-state index in [2.05, 4.69) is 0 Å². The second-order valence-corrected chi connectivity index (χ2v) is 3.77. The van der Waals surface area contributed by atoms with Crippen LogP contribution in [0.4, 0.5) is 0 Å². The highest BCUT2D eigenvalue weighted by Crippen LogP contribution is 2.28. The highest BCUT2D eigenvalue weighted by atomic mass is 16.3. The van der Waals surface area contributed by atoms with Gasteiger partial charge in [-0.3, -0.25) is 4.79 Å². The molecule has 1 aromatic carbocycles. The number of hydrogen-bond acceptors (Lipinski definition) is 5. The number of Topliss-reactive ketones (excluding diaryl/α,β-unsaturated/α-hetero) is 1. The Hall–Kier alpha value is -1.59. The number of phenolic OH excluding ortho intramolecular Hbond substituents is 2. The van der Waals surface area contributed by atoms with E-state index in [0.717, 1.165) is 0 Å². The average molecular weight is 240 g/mol. The second-order valence-electron chi connectivity index (χ2n) is 3.77. The number of aliphatic hydroxyl groups excluding tert-OH is 2. The van der Waals surface area contributed by atoms with Crippen LogP contribution >= 0.6 is 0 Å². The standard InChI is InChI=1S/C12H16O5/c13-7-2-1-4-10(16)12(17)11-8(14)5-3-6-9(11)15/h3,5-6,10,13-16H,1-2,4,7H2. The van der Waals surface area contributed by atoms with Crippen LogP contribution in [-0.2, 0) is 0 Å². The predicted octanol–water partition coefficient (Wildman–Crippen LogP) is 0.804. The van der Waals surface area contributed by atoms with Gasteiger partial charge in [0.05, 0.1) is 0 Å². The number of aliphatic hydroxyl groups is 2. The molecule has 0 saturated heterocycles. The molecule has 0 saturated carbocycles. The third kappa shape index (κ3) is 3.44. The Labute approximate surface area is 99.0 Å². The Morgan fingerprint density at radius 3 is 2.29 bits per heavy atom. The molecule has 1 atom stereocenters. The van der Waals surface area contributed by atoms with Crippen LogP contribution in [0.25, 0.3) is 0 Å². The molecule has 0 amide bonds. The van der Waals surface area contributed by atoms with Crippen molar-refractivity contribution in [1.82, 2.24) is 0 Å². The molecule has 5 nitrogen and oxygen atoms in total. The largest absolute Gasteiger partial charge is 0.507 e. The summed E-state index contributed by atoms with van der Waals surface area (Å²) >= 11 is 0. The van der Waals surface area contributed by atoms with Crippen LogP contribution in [0.3, 0.4) is 0 Å². The first-order valence-corrected chi connectivity index (χ1v) is 5.42. The lowest BCUT2D eigenvalue weighted by molar-refractivity contribution is 0.0716. The minimum absolute atomic E-state index is 0.00273. The van der Waals surface area contributed by atoms with Crippen LogP contribution in [0, 0.1) is 0 Å². The zero-order valence-corrected chi connectivity index (χ0v) is 9.33. The Kier molecular flexibility index (Phi) is 4.93. The number of benzene rings is 1. The van der Waals surface area contributed by atoms with Crippen LogP contribution < -0.4 is 0 Å². The smallest absolute Gasteiger partial charge is 0.198 e. The summed E-state index contributed by atoms with van der Waals surface area (Å²) in [6.07, 6.45) is -0.0945. The molecule has 5 heteroatoms. The van der Waals surface area contributed by atoms with Gasteiger partial charge in [0.15, 0.2) is 5.78 Å². The van der Waals surface area contributed by atoms with Gasteiger partial charge in [0, 0.05) is 6.61 Å². The number of unbranched alkanes of at least 4 members (excludes halogenated alkanes) is 1. The lowest BCUT2D eigenvalue weighted by atomic mass is 10.0. The highest BCUT2D eigenvalue weighted by Gasteiger charge is 2.22. The summed E-state index contributed by atoms with van der Waals surface area (Å²) in [7, 11) is 0. The molecule has 1 rings (SSSR count). The maximum atomic E-state index is 11.7. The van der Waals surface area contributed by atoms with E-state index in [1.54, 1.807) is 0 Å². The highest BCUT2D eigenvalue weighted by molar-refractivity contribution is 6.03. The van der Waals surface area contributed by atoms with Crippen molar-refractivity contribution in [2.75, 3.05) is 6.61 Å². The fourth-order valence-electron chi connectivity index (χ4n) is 1.53. The monoisotopic (exact) mass is 240 g/mol. The third-order valence-electron chi connectivity index (χ3n) is 2.46. The molecule has 0 spiro atoms. The Balaban J connectivity index is 2.75. The van der Waals surface area contributed by atoms with E-state index in [1.165, 1.54) is 18.2 Å². The Morgan fingerprint density at radius 2 is 1.76 bits per heavy atom. The van der Waals surface area contributed by atoms with Gasteiger partial charge in [-0.2, -0.15) is 0 Å². The van der Waals surface area contributed by atoms with Crippen LogP contribution in [0.15, 0.2) is 18.2 Å². The Morgan fingerprint density at radius 1 is 1.18 bits per heavy atom. The minimum Gasteiger partial charge on any atom is -0.507 e. The maximum Gasteiger partial charge on any atom is 0.198 e. The molecule has 4 N–H and O–H groups in total. The molecule has 0 aliphatic rings. The number of aromatic hydroxyl groups is 2. The van der Waals surface area contributed by atoms with Gasteiger partial charge < -0.3 is 20.4 Å². The maximum absolute atomic E-state index is 11.7. The van der Waals surface area contributed by atoms with Crippen molar-refractivity contribution >= 4 is 5.78 Å². The molecular formula is C12H16O5. The van der Waals surface area contributed by atoms with E-state index in [4.69, 9.17) is 5.11 Å². The molecule has 0 heterocycles. The number of rotatable bonds is 6. The normalized spacial score (nSPS) is 12.4. The van der Waals surface area contributed by atoms with E-state index in [0.29, 0.717) is 12.8 Å². The topological polar surface area (TPSA) is 98.0 Å². The molecule has 1 unspecified atom stereocenters. The van der Waals surface area contributed by atoms with Crippen LogP contribution in [0.5, 0.6) is 11.5 Å². The molecule has 0 aromatic heterocycles. The van der Waals surface area contributed by atoms with Gasteiger partial charge in [-0.05, 0) is 31.4 Å². The van der Waals surface area contributed by atoms with Crippen molar-refractivity contribution in [2.24, 2.45) is 0 Å². The summed E-state index contributed by atoms with van der Waals surface area (Å²) in [6, 6.07) is 3.94. The van der Waals surface area contributed by atoms with Crippen molar-refractivity contribution in [3.63, 3.8) is 0 Å². The molecule has 0 aliphatic heterocycles. The van der Waals surface area contributed by atoms with Gasteiger partial charge in [-0.15, -0.1) is 0 Å². The lowest BCUT2D eigenvalue weighted by Crippen LogP contribution is -2.20. The molecule has 0 bridgehead atoms. The first-order valence-electron chi connectivity index (χ1n) is 5.42. The van der Waals surface area contributed by atoms with Crippen LogP contribution in [0.1, 0.15) is 29.6 Å². The summed E-state index contributed by atoms with van der Waals surface area (Å²) in [5, 5.41) is 37.1. The number of carbonyl (C=O) groups excluding carboxylic acids is 1. The summed E-state index contributed by atoms with van der Waals surface area (Å²) in [5.41, 5.74) is -0.260. The predicted molar refractivity (Wildman–Crippen MR) is 61.0 cm³/mol. The van der Waals surface area contributed by atoms with Crippen molar-refractivity contribution in [3.8, 4) is 11.5 Å². The summed E-state index contributed by atoms with van der Waals surface area (Å²) in [6.45, 7) is 0.00273. The summed E-state index contributed by atoms with van der Waals surface area (Å²) < 4.78 is 0. The number of hydrogen-bond donors (Lipinski definition) is 4. The zero-order chi connectivity index (χ0) is 12.8. The minimum atomic E-state index is -1.28. The first-order chi connectivity index (χ1) is 8.07. The van der Waals surface area contributed by atoms with E-state index in [1.807, 2.05) is 0 Å². The summed E-state index contributed by atoms with van der Waals surface area (Å²) in [4.78, 5) is 11.7. The SMILES string of the molecule is O=C(c1c(O)cccc1O)C(O)CCCCO. The van der Waals surface area contributed by atoms with E-state index in [-0.39, 0.29) is 30.1 Å². The number of phenols is 2. The van der Waals surface area contributed by atoms with Crippen molar-refractivity contribution in [3.05, 3.63) is 23.8 Å². The number of ketones is 1. The molecular weight excluding hydrogens is 224 g/mol. The van der Waals surface area contributed by atoms with Crippen molar-refractivity contribution in [1.29, 1.82) is 0 Å². The van der Waals surface area contributed by atoms with Crippen LogP contribution in [-0.4, -0.2) is 38.9 Å². The quantitative estimate of drug-likeness (QED) is 0.435. The van der Waals surface area contributed by atoms with Gasteiger partial charge >= 0.3 is 0 Å². The first kappa shape index (κ1) is 13.5. The Bertz CT molecular complexity index is 368.